The van der Waals surface area contributed by atoms with E-state index in [1.165, 1.54) is 5.56 Å². The number of anilines is 1. The van der Waals surface area contributed by atoms with Crippen LogP contribution in [-0.2, 0) is 0 Å². The monoisotopic (exact) mass is 242 g/mol. The molecule has 2 N–H and O–H groups in total. The van der Waals surface area contributed by atoms with Gasteiger partial charge in [-0.25, -0.2) is 4.98 Å². The highest BCUT2D eigenvalue weighted by Gasteiger charge is 2.06. The number of nitrogens with two attached hydrogens (primary N) is 1. The maximum absolute atomic E-state index is 6.19. The molecule has 0 aliphatic heterocycles. The Morgan fingerprint density at radius 2 is 1.82 bits per heavy atom. The first kappa shape index (κ1) is 10.4. The highest BCUT2D eigenvalue weighted by molar-refractivity contribution is 6.31. The Morgan fingerprint density at radius 1 is 1.00 bits per heavy atom. The number of fused-ring (bicyclic) bond motifs is 2. The minimum absolute atomic E-state index is 0.677. The summed E-state index contributed by atoms with van der Waals surface area (Å²) in [5.41, 5.74) is 9.88. The van der Waals surface area contributed by atoms with Crippen LogP contribution in [0.25, 0.3) is 21.8 Å². The molecule has 0 fully saturated rings. The molecule has 0 unspecified atom stereocenters. The van der Waals surface area contributed by atoms with Crippen LogP contribution in [-0.4, -0.2) is 4.98 Å². The van der Waals surface area contributed by atoms with Crippen LogP contribution in [0.1, 0.15) is 5.56 Å². The quantitative estimate of drug-likeness (QED) is 0.607. The van der Waals surface area contributed by atoms with E-state index >= 15 is 0 Å². The highest BCUT2D eigenvalue weighted by atomic mass is 35.5. The molecule has 0 aliphatic carbocycles. The first-order chi connectivity index (χ1) is 8.15. The third-order valence-electron chi connectivity index (χ3n) is 2.93. The molecule has 84 valence electrons. The van der Waals surface area contributed by atoms with Gasteiger partial charge in [0.15, 0.2) is 0 Å². The maximum Gasteiger partial charge on any atom is 0.0745 e. The van der Waals surface area contributed by atoms with E-state index in [2.05, 4.69) is 11.1 Å². The number of nitrogens with zero attached hydrogens (tertiary/aromatic N) is 1. The van der Waals surface area contributed by atoms with Gasteiger partial charge in [-0.1, -0.05) is 23.2 Å². The lowest BCUT2D eigenvalue weighted by Gasteiger charge is -2.07. The molecule has 0 atom stereocenters. The number of hydrogen-bond acceptors (Lipinski definition) is 2. The second-order valence-electron chi connectivity index (χ2n) is 4.21. The van der Waals surface area contributed by atoms with Crippen LogP contribution >= 0.6 is 11.6 Å². The Morgan fingerprint density at radius 3 is 2.65 bits per heavy atom. The molecule has 3 rings (SSSR count). The number of nitrogen functional groups attached to an aromatic ring is 1. The van der Waals surface area contributed by atoms with Gasteiger partial charge in [0.2, 0.25) is 0 Å². The van der Waals surface area contributed by atoms with Crippen molar-refractivity contribution in [3.8, 4) is 0 Å². The number of benzene rings is 2. The van der Waals surface area contributed by atoms with Crippen molar-refractivity contribution in [2.24, 2.45) is 0 Å². The second kappa shape index (κ2) is 3.60. The maximum atomic E-state index is 6.19. The van der Waals surface area contributed by atoms with Crippen molar-refractivity contribution in [1.82, 2.24) is 4.98 Å². The largest absolute Gasteiger partial charge is 0.398 e. The molecule has 2 aromatic carbocycles. The van der Waals surface area contributed by atoms with Gasteiger partial charge < -0.3 is 5.73 Å². The third-order valence-corrected chi connectivity index (χ3v) is 3.17. The summed E-state index contributed by atoms with van der Waals surface area (Å²) in [7, 11) is 0. The zero-order chi connectivity index (χ0) is 12.0. The lowest BCUT2D eigenvalue weighted by Crippen LogP contribution is -1.93. The van der Waals surface area contributed by atoms with Crippen LogP contribution in [0.2, 0.25) is 5.02 Å². The summed E-state index contributed by atoms with van der Waals surface area (Å²) in [5, 5.41) is 2.63. The Balaban J connectivity index is 2.52. The standard InChI is InChI=1S/C14H11ClN2/c1-8-2-5-12-11(6-8)14(16)10-4-3-9(15)7-13(10)17-12/h2-7H,1H3,(H2,16,17). The molecular formula is C14H11ClN2. The van der Waals surface area contributed by atoms with Gasteiger partial charge in [0.1, 0.15) is 0 Å². The van der Waals surface area contributed by atoms with Crippen LogP contribution in [0, 0.1) is 6.92 Å². The Hall–Kier alpha value is -1.80. The molecule has 0 spiro atoms. The first-order valence-electron chi connectivity index (χ1n) is 5.40. The lowest BCUT2D eigenvalue weighted by molar-refractivity contribution is 1.45. The summed E-state index contributed by atoms with van der Waals surface area (Å²) in [6, 6.07) is 11.7. The van der Waals surface area contributed by atoms with Crippen LogP contribution in [0.15, 0.2) is 36.4 Å². The van der Waals surface area contributed by atoms with E-state index < -0.39 is 0 Å². The number of rotatable bonds is 0. The Kier molecular flexibility index (Phi) is 2.20. The van der Waals surface area contributed by atoms with Crippen molar-refractivity contribution in [2.75, 3.05) is 5.73 Å². The molecule has 0 bridgehead atoms. The molecule has 0 radical (unpaired) electrons. The normalized spacial score (nSPS) is 11.2. The molecule has 0 saturated carbocycles. The van der Waals surface area contributed by atoms with Gasteiger partial charge in [-0.3, -0.25) is 0 Å². The van der Waals surface area contributed by atoms with E-state index in [9.17, 15) is 0 Å². The molecular weight excluding hydrogens is 232 g/mol. The zero-order valence-corrected chi connectivity index (χ0v) is 10.1. The summed E-state index contributed by atoms with van der Waals surface area (Å²) < 4.78 is 0. The SMILES string of the molecule is Cc1ccc2nc3cc(Cl)ccc3c(N)c2c1. The van der Waals surface area contributed by atoms with Gasteiger partial charge >= 0.3 is 0 Å². The summed E-state index contributed by atoms with van der Waals surface area (Å²) >= 11 is 5.97. The van der Waals surface area contributed by atoms with Gasteiger partial charge in [-0.05, 0) is 37.3 Å². The fourth-order valence-electron chi connectivity index (χ4n) is 2.06. The zero-order valence-electron chi connectivity index (χ0n) is 9.37. The molecule has 0 amide bonds. The summed E-state index contributed by atoms with van der Waals surface area (Å²) in [6.45, 7) is 2.05. The van der Waals surface area contributed by atoms with Crippen LogP contribution in [0.5, 0.6) is 0 Å². The van der Waals surface area contributed by atoms with Crippen LogP contribution in [0.3, 0.4) is 0 Å². The molecule has 1 aromatic heterocycles. The molecule has 0 saturated heterocycles. The molecule has 17 heavy (non-hydrogen) atoms. The third kappa shape index (κ3) is 1.61. The number of halogens is 1. The van der Waals surface area contributed by atoms with Crippen LogP contribution in [0.4, 0.5) is 5.69 Å². The number of hydrogen-bond donors (Lipinski definition) is 1. The van der Waals surface area contributed by atoms with Gasteiger partial charge in [0.25, 0.3) is 0 Å². The van der Waals surface area contributed by atoms with Gasteiger partial charge in [-0.2, -0.15) is 0 Å². The van der Waals surface area contributed by atoms with Crippen LogP contribution < -0.4 is 5.73 Å². The molecule has 0 aliphatic rings. The van der Waals surface area contributed by atoms with Crippen molar-refractivity contribution in [3.63, 3.8) is 0 Å². The smallest absolute Gasteiger partial charge is 0.0745 e. The summed E-state index contributed by atoms with van der Waals surface area (Å²) in [6.07, 6.45) is 0. The topological polar surface area (TPSA) is 38.9 Å². The highest BCUT2D eigenvalue weighted by Crippen LogP contribution is 2.30. The van der Waals surface area contributed by atoms with Crippen molar-refractivity contribution < 1.29 is 0 Å². The predicted octanol–water partition coefficient (Wildman–Crippen LogP) is 3.93. The molecule has 3 aromatic rings. The van der Waals surface area contributed by atoms with E-state index in [4.69, 9.17) is 17.3 Å². The average Bonchev–Trinajstić information content (AvgIpc) is 2.30. The average molecular weight is 243 g/mol. The van der Waals surface area contributed by atoms with E-state index in [0.717, 1.165) is 27.5 Å². The Bertz CT molecular complexity index is 735. The molecule has 3 heteroatoms. The first-order valence-corrected chi connectivity index (χ1v) is 5.78. The van der Waals surface area contributed by atoms with Gasteiger partial charge in [-0.15, -0.1) is 0 Å². The fourth-order valence-corrected chi connectivity index (χ4v) is 2.23. The lowest BCUT2D eigenvalue weighted by atomic mass is 10.1. The molecule has 1 heterocycles. The van der Waals surface area contributed by atoms with Crippen molar-refractivity contribution in [2.45, 2.75) is 6.92 Å². The molecule has 2 nitrogen and oxygen atoms in total. The summed E-state index contributed by atoms with van der Waals surface area (Å²) in [4.78, 5) is 4.58. The predicted molar refractivity (Wildman–Crippen MR) is 73.4 cm³/mol. The van der Waals surface area contributed by atoms with Gasteiger partial charge in [0, 0.05) is 15.8 Å². The van der Waals surface area contributed by atoms with Gasteiger partial charge in [0.05, 0.1) is 16.7 Å². The second-order valence-corrected chi connectivity index (χ2v) is 4.64. The number of aryl methyl sites for hydroxylation is 1. The van der Waals surface area contributed by atoms with Crippen molar-refractivity contribution >= 4 is 39.1 Å². The van der Waals surface area contributed by atoms with Crippen molar-refractivity contribution in [3.05, 3.63) is 47.0 Å². The van der Waals surface area contributed by atoms with E-state index in [-0.39, 0.29) is 0 Å². The van der Waals surface area contributed by atoms with Crippen molar-refractivity contribution in [1.29, 1.82) is 0 Å². The fraction of sp³-hybridized carbons (Fsp3) is 0.0714. The summed E-state index contributed by atoms with van der Waals surface area (Å²) in [5.74, 6) is 0. The number of aromatic nitrogens is 1. The minimum Gasteiger partial charge on any atom is -0.398 e. The van der Waals surface area contributed by atoms with E-state index in [1.807, 2.05) is 37.3 Å². The Labute approximate surface area is 104 Å². The van der Waals surface area contributed by atoms with E-state index in [1.54, 1.807) is 0 Å². The minimum atomic E-state index is 0.677. The van der Waals surface area contributed by atoms with E-state index in [0.29, 0.717) is 5.02 Å². The number of pyridine rings is 1.